The second-order valence-electron chi connectivity index (χ2n) is 7.23. The van der Waals surface area contributed by atoms with E-state index >= 15 is 0 Å². The fourth-order valence-electron chi connectivity index (χ4n) is 3.54. The zero-order chi connectivity index (χ0) is 20.9. The molecule has 4 rings (SSSR count). The molecule has 1 aliphatic heterocycles. The quantitative estimate of drug-likeness (QED) is 0.592. The molecule has 5 nitrogen and oxygen atoms in total. The summed E-state index contributed by atoms with van der Waals surface area (Å²) in [7, 11) is 0. The Bertz CT molecular complexity index is 1080. The lowest BCUT2D eigenvalue weighted by Crippen LogP contribution is -2.33. The van der Waals surface area contributed by atoms with Gasteiger partial charge in [0.2, 0.25) is 17.7 Å². The monoisotopic (exact) mass is 418 g/mol. The standard InChI is InChI=1S/C24H22N2O3S/c27-22(25-20-11-10-18-8-4-5-9-19(18)14-20)16-30-21-15-23(28)26(24(21)29)13-12-17-6-2-1-3-7-17/h1-11,14,21H,12-13,15-16H2,(H,25,27)/t21-/m0/s1. The molecule has 0 spiro atoms. The van der Waals surface area contributed by atoms with Crippen molar-refractivity contribution in [2.45, 2.75) is 18.1 Å². The molecule has 1 atom stereocenters. The van der Waals surface area contributed by atoms with E-state index in [9.17, 15) is 14.4 Å². The highest BCUT2D eigenvalue weighted by Gasteiger charge is 2.38. The predicted molar refractivity (Wildman–Crippen MR) is 120 cm³/mol. The topological polar surface area (TPSA) is 66.5 Å². The number of likely N-dealkylation sites (tertiary alicyclic amines) is 1. The molecule has 152 valence electrons. The first-order chi connectivity index (χ1) is 14.6. The van der Waals surface area contributed by atoms with Gasteiger partial charge in [-0.2, -0.15) is 0 Å². The molecule has 3 aromatic carbocycles. The summed E-state index contributed by atoms with van der Waals surface area (Å²) in [4.78, 5) is 38.5. The predicted octanol–water partition coefficient (Wildman–Crippen LogP) is 3.88. The summed E-state index contributed by atoms with van der Waals surface area (Å²) >= 11 is 1.23. The van der Waals surface area contributed by atoms with Gasteiger partial charge in [0, 0.05) is 18.7 Å². The average molecular weight is 419 g/mol. The molecule has 6 heteroatoms. The van der Waals surface area contributed by atoms with E-state index in [1.807, 2.05) is 72.8 Å². The number of fused-ring (bicyclic) bond motifs is 1. The number of imide groups is 1. The summed E-state index contributed by atoms with van der Waals surface area (Å²) in [5.41, 5.74) is 1.81. The van der Waals surface area contributed by atoms with Crippen LogP contribution in [0.1, 0.15) is 12.0 Å². The van der Waals surface area contributed by atoms with E-state index in [0.29, 0.717) is 13.0 Å². The maximum atomic E-state index is 12.6. The Morgan fingerprint density at radius 1 is 0.967 bits per heavy atom. The van der Waals surface area contributed by atoms with E-state index in [-0.39, 0.29) is 29.9 Å². The third kappa shape index (κ3) is 4.71. The molecule has 0 radical (unpaired) electrons. The second kappa shape index (κ2) is 9.13. The molecule has 0 bridgehead atoms. The minimum Gasteiger partial charge on any atom is -0.325 e. The number of nitrogens with zero attached hydrogens (tertiary/aromatic N) is 1. The molecular weight excluding hydrogens is 396 g/mol. The Balaban J connectivity index is 1.29. The van der Waals surface area contributed by atoms with Crippen molar-refractivity contribution < 1.29 is 14.4 Å². The Morgan fingerprint density at radius 2 is 1.70 bits per heavy atom. The lowest BCUT2D eigenvalue weighted by atomic mass is 10.1. The molecule has 1 heterocycles. The van der Waals surface area contributed by atoms with Gasteiger partial charge in [0.1, 0.15) is 0 Å². The van der Waals surface area contributed by atoms with Crippen molar-refractivity contribution in [3.63, 3.8) is 0 Å². The van der Waals surface area contributed by atoms with Crippen LogP contribution in [0.4, 0.5) is 5.69 Å². The molecule has 3 aromatic rings. The van der Waals surface area contributed by atoms with Gasteiger partial charge in [0.05, 0.1) is 11.0 Å². The van der Waals surface area contributed by atoms with E-state index in [1.54, 1.807) is 0 Å². The van der Waals surface area contributed by atoms with Crippen LogP contribution < -0.4 is 5.32 Å². The molecule has 1 fully saturated rings. The molecule has 0 unspecified atom stereocenters. The summed E-state index contributed by atoms with van der Waals surface area (Å²) in [5.74, 6) is -0.413. The lowest BCUT2D eigenvalue weighted by Gasteiger charge is -2.15. The van der Waals surface area contributed by atoms with E-state index in [0.717, 1.165) is 22.0 Å². The normalized spacial score (nSPS) is 16.3. The number of carbonyl (C=O) groups excluding carboxylic acids is 3. The number of rotatable bonds is 7. The van der Waals surface area contributed by atoms with Gasteiger partial charge >= 0.3 is 0 Å². The summed E-state index contributed by atoms with van der Waals surface area (Å²) in [5, 5.41) is 4.54. The summed E-state index contributed by atoms with van der Waals surface area (Å²) in [6.07, 6.45) is 0.791. The van der Waals surface area contributed by atoms with Gasteiger partial charge < -0.3 is 5.32 Å². The van der Waals surface area contributed by atoms with Gasteiger partial charge in [-0.15, -0.1) is 11.8 Å². The number of nitrogens with one attached hydrogen (secondary N) is 1. The fraction of sp³-hybridized carbons (Fsp3) is 0.208. The number of hydrogen-bond acceptors (Lipinski definition) is 4. The van der Waals surface area contributed by atoms with Gasteiger partial charge in [-0.05, 0) is 34.9 Å². The Hall–Kier alpha value is -3.12. The molecule has 1 N–H and O–H groups in total. The fourth-order valence-corrected chi connectivity index (χ4v) is 4.50. The Labute approximate surface area is 179 Å². The van der Waals surface area contributed by atoms with Gasteiger partial charge in [0.25, 0.3) is 0 Å². The highest BCUT2D eigenvalue weighted by atomic mass is 32.2. The van der Waals surface area contributed by atoms with Gasteiger partial charge in [-0.25, -0.2) is 0 Å². The summed E-state index contributed by atoms with van der Waals surface area (Å²) in [6, 6.07) is 23.5. The van der Waals surface area contributed by atoms with Crippen LogP contribution in [-0.2, 0) is 20.8 Å². The van der Waals surface area contributed by atoms with Crippen LogP contribution in [0.3, 0.4) is 0 Å². The number of hydrogen-bond donors (Lipinski definition) is 1. The van der Waals surface area contributed by atoms with Crippen molar-refractivity contribution in [3.8, 4) is 0 Å². The van der Waals surface area contributed by atoms with Crippen LogP contribution in [0.2, 0.25) is 0 Å². The minimum atomic E-state index is -0.490. The van der Waals surface area contributed by atoms with E-state index in [2.05, 4.69) is 5.32 Å². The van der Waals surface area contributed by atoms with Crippen LogP contribution >= 0.6 is 11.8 Å². The first-order valence-corrected chi connectivity index (χ1v) is 10.9. The number of amides is 3. The first kappa shape index (κ1) is 20.2. The second-order valence-corrected chi connectivity index (χ2v) is 8.42. The molecule has 3 amide bonds. The van der Waals surface area contributed by atoms with E-state index in [4.69, 9.17) is 0 Å². The van der Waals surface area contributed by atoms with Crippen molar-refractivity contribution in [2.75, 3.05) is 17.6 Å². The van der Waals surface area contributed by atoms with Crippen molar-refractivity contribution in [1.82, 2.24) is 4.90 Å². The van der Waals surface area contributed by atoms with Crippen LogP contribution in [-0.4, -0.2) is 40.2 Å². The first-order valence-electron chi connectivity index (χ1n) is 9.88. The number of benzene rings is 3. The Kier molecular flexibility index (Phi) is 6.14. The zero-order valence-electron chi connectivity index (χ0n) is 16.4. The highest BCUT2D eigenvalue weighted by molar-refractivity contribution is 8.01. The van der Waals surface area contributed by atoms with Gasteiger partial charge in [0.15, 0.2) is 0 Å². The van der Waals surface area contributed by atoms with Crippen LogP contribution in [0.25, 0.3) is 10.8 Å². The zero-order valence-corrected chi connectivity index (χ0v) is 17.2. The summed E-state index contributed by atoms with van der Waals surface area (Å²) in [6.45, 7) is 0.377. The molecule has 30 heavy (non-hydrogen) atoms. The molecule has 0 saturated carbocycles. The minimum absolute atomic E-state index is 0.128. The average Bonchev–Trinajstić information content (AvgIpc) is 3.04. The number of anilines is 1. The van der Waals surface area contributed by atoms with Crippen molar-refractivity contribution in [3.05, 3.63) is 78.4 Å². The number of carbonyl (C=O) groups is 3. The molecule has 0 aromatic heterocycles. The highest BCUT2D eigenvalue weighted by Crippen LogP contribution is 2.26. The maximum absolute atomic E-state index is 12.6. The van der Waals surface area contributed by atoms with Gasteiger partial charge in [-0.1, -0.05) is 60.7 Å². The molecular formula is C24H22N2O3S. The lowest BCUT2D eigenvalue weighted by molar-refractivity contribution is -0.138. The smallest absolute Gasteiger partial charge is 0.242 e. The largest absolute Gasteiger partial charge is 0.325 e. The maximum Gasteiger partial charge on any atom is 0.242 e. The van der Waals surface area contributed by atoms with Crippen molar-refractivity contribution in [1.29, 1.82) is 0 Å². The third-order valence-electron chi connectivity index (χ3n) is 5.12. The molecule has 1 saturated heterocycles. The van der Waals surface area contributed by atoms with Crippen LogP contribution in [0, 0.1) is 0 Å². The van der Waals surface area contributed by atoms with Gasteiger partial charge in [-0.3, -0.25) is 19.3 Å². The third-order valence-corrected chi connectivity index (χ3v) is 6.32. The van der Waals surface area contributed by atoms with E-state index in [1.165, 1.54) is 16.7 Å². The van der Waals surface area contributed by atoms with E-state index < -0.39 is 5.25 Å². The summed E-state index contributed by atoms with van der Waals surface area (Å²) < 4.78 is 0. The van der Waals surface area contributed by atoms with Crippen molar-refractivity contribution >= 4 is 45.9 Å². The number of thioether (sulfide) groups is 1. The Morgan fingerprint density at radius 3 is 2.50 bits per heavy atom. The molecule has 1 aliphatic rings. The SMILES string of the molecule is O=C(CS[C@H]1CC(=O)N(CCc2ccccc2)C1=O)Nc1ccc2ccccc2c1. The van der Waals surface area contributed by atoms with Crippen molar-refractivity contribution in [2.24, 2.45) is 0 Å². The van der Waals surface area contributed by atoms with Crippen LogP contribution in [0.5, 0.6) is 0 Å². The van der Waals surface area contributed by atoms with Crippen LogP contribution in [0.15, 0.2) is 72.8 Å². The molecule has 0 aliphatic carbocycles.